The molecule has 0 aromatic heterocycles. The molecule has 1 aromatic carbocycles. The van der Waals surface area contributed by atoms with Crippen LogP contribution in [0.3, 0.4) is 0 Å². The second kappa shape index (κ2) is 5.65. The lowest BCUT2D eigenvalue weighted by atomic mass is 10.3. The van der Waals surface area contributed by atoms with Gasteiger partial charge < -0.3 is 10.8 Å². The maximum Gasteiger partial charge on any atom is 0.283 e. The SMILES string of the molecule is Nc1cc(S(=O)(=O)NCC(F)(F)CO)c(F)cc1Br. The van der Waals surface area contributed by atoms with Gasteiger partial charge >= 0.3 is 0 Å². The van der Waals surface area contributed by atoms with Crippen LogP contribution < -0.4 is 10.5 Å². The summed E-state index contributed by atoms with van der Waals surface area (Å²) in [6.07, 6.45) is 0. The van der Waals surface area contributed by atoms with Crippen LogP contribution in [0, 0.1) is 5.82 Å². The number of alkyl halides is 2. The van der Waals surface area contributed by atoms with Gasteiger partial charge in [-0.25, -0.2) is 26.3 Å². The molecule has 108 valence electrons. The first-order chi connectivity index (χ1) is 8.59. The predicted molar refractivity (Wildman–Crippen MR) is 65.7 cm³/mol. The van der Waals surface area contributed by atoms with Gasteiger partial charge in [0.1, 0.15) is 17.3 Å². The first-order valence-electron chi connectivity index (χ1n) is 4.82. The molecule has 1 aromatic rings. The summed E-state index contributed by atoms with van der Waals surface area (Å²) in [6, 6.07) is 1.62. The maximum absolute atomic E-state index is 13.5. The molecule has 0 amide bonds. The molecule has 0 aliphatic heterocycles. The van der Waals surface area contributed by atoms with Crippen LogP contribution in [0.15, 0.2) is 21.5 Å². The molecule has 0 heterocycles. The highest BCUT2D eigenvalue weighted by atomic mass is 79.9. The first kappa shape index (κ1) is 16.2. The fraction of sp³-hybridized carbons (Fsp3) is 0.333. The number of rotatable bonds is 5. The number of nitrogens with two attached hydrogens (primary N) is 1. The smallest absolute Gasteiger partial charge is 0.283 e. The van der Waals surface area contributed by atoms with E-state index in [9.17, 15) is 21.6 Å². The highest BCUT2D eigenvalue weighted by molar-refractivity contribution is 9.10. The van der Waals surface area contributed by atoms with Crippen LogP contribution in [0.4, 0.5) is 18.9 Å². The number of aliphatic hydroxyl groups excluding tert-OH is 1. The van der Waals surface area contributed by atoms with Gasteiger partial charge in [-0.2, -0.15) is 0 Å². The molecule has 0 saturated heterocycles. The Morgan fingerprint density at radius 3 is 2.53 bits per heavy atom. The molecular formula is C9H10BrF3N2O3S. The summed E-state index contributed by atoms with van der Waals surface area (Å²) in [5, 5.41) is 8.31. The van der Waals surface area contributed by atoms with Gasteiger partial charge in [0, 0.05) is 10.2 Å². The van der Waals surface area contributed by atoms with E-state index in [1.807, 2.05) is 0 Å². The number of anilines is 1. The minimum absolute atomic E-state index is 0.0595. The Bertz CT molecular complexity index is 580. The number of aliphatic hydroxyl groups is 1. The number of nitrogen functional groups attached to an aromatic ring is 1. The van der Waals surface area contributed by atoms with Crippen LogP contribution in [0.1, 0.15) is 0 Å². The molecule has 4 N–H and O–H groups in total. The van der Waals surface area contributed by atoms with Crippen molar-refractivity contribution in [1.82, 2.24) is 4.72 Å². The van der Waals surface area contributed by atoms with Gasteiger partial charge in [0.05, 0.1) is 6.54 Å². The Kier molecular flexibility index (Phi) is 4.82. The van der Waals surface area contributed by atoms with Crippen molar-refractivity contribution in [1.29, 1.82) is 0 Å². The Balaban J connectivity index is 3.05. The zero-order valence-electron chi connectivity index (χ0n) is 9.33. The summed E-state index contributed by atoms with van der Waals surface area (Å²) in [4.78, 5) is -0.845. The molecule has 0 aliphatic carbocycles. The molecule has 0 unspecified atom stereocenters. The van der Waals surface area contributed by atoms with Gasteiger partial charge in [-0.1, -0.05) is 0 Å². The molecular weight excluding hydrogens is 353 g/mol. The Hall–Kier alpha value is -0.840. The first-order valence-corrected chi connectivity index (χ1v) is 7.09. The van der Waals surface area contributed by atoms with Crippen LogP contribution in [0.25, 0.3) is 0 Å². The minimum Gasteiger partial charge on any atom is -0.398 e. The monoisotopic (exact) mass is 362 g/mol. The second-order valence-electron chi connectivity index (χ2n) is 3.64. The number of nitrogens with one attached hydrogen (secondary N) is 1. The van der Waals surface area contributed by atoms with Gasteiger partial charge in [-0.05, 0) is 28.1 Å². The summed E-state index contributed by atoms with van der Waals surface area (Å²) in [7, 11) is -4.49. The van der Waals surface area contributed by atoms with Gasteiger partial charge in [0.2, 0.25) is 10.0 Å². The number of halogens is 4. The average molecular weight is 363 g/mol. The van der Waals surface area contributed by atoms with Crippen molar-refractivity contribution in [3.05, 3.63) is 22.4 Å². The van der Waals surface area contributed by atoms with E-state index in [0.717, 1.165) is 12.1 Å². The summed E-state index contributed by atoms with van der Waals surface area (Å²) in [5.74, 6) is -4.77. The van der Waals surface area contributed by atoms with Crippen molar-refractivity contribution >= 4 is 31.6 Å². The molecule has 0 radical (unpaired) electrons. The Morgan fingerprint density at radius 2 is 2.00 bits per heavy atom. The molecule has 5 nitrogen and oxygen atoms in total. The third kappa shape index (κ3) is 4.06. The fourth-order valence-corrected chi connectivity index (χ4v) is 2.55. The second-order valence-corrected chi connectivity index (χ2v) is 6.23. The highest BCUT2D eigenvalue weighted by Crippen LogP contribution is 2.26. The summed E-state index contributed by atoms with van der Waals surface area (Å²) in [5.41, 5.74) is 5.34. The molecule has 10 heteroatoms. The number of hydrogen-bond donors (Lipinski definition) is 3. The summed E-state index contributed by atoms with van der Waals surface area (Å²) < 4.78 is 63.9. The number of sulfonamides is 1. The third-order valence-corrected chi connectivity index (χ3v) is 4.20. The van der Waals surface area contributed by atoms with Crippen molar-refractivity contribution in [3.8, 4) is 0 Å². The third-order valence-electron chi connectivity index (χ3n) is 2.09. The molecule has 0 saturated carbocycles. The lowest BCUT2D eigenvalue weighted by Gasteiger charge is -2.15. The number of benzene rings is 1. The van der Waals surface area contributed by atoms with Crippen molar-refractivity contribution in [2.45, 2.75) is 10.8 Å². The van der Waals surface area contributed by atoms with Gasteiger partial charge in [-0.15, -0.1) is 0 Å². The average Bonchev–Trinajstić information content (AvgIpc) is 2.31. The molecule has 1 rings (SSSR count). The van der Waals surface area contributed by atoms with E-state index >= 15 is 0 Å². The molecule has 0 atom stereocenters. The minimum atomic E-state index is -4.49. The van der Waals surface area contributed by atoms with E-state index in [1.54, 1.807) is 0 Å². The molecule has 0 spiro atoms. The van der Waals surface area contributed by atoms with Gasteiger partial charge in [0.25, 0.3) is 5.92 Å². The van der Waals surface area contributed by atoms with Crippen LogP contribution >= 0.6 is 15.9 Å². The summed E-state index contributed by atoms with van der Waals surface area (Å²) in [6.45, 7) is -2.87. The lowest BCUT2D eigenvalue weighted by molar-refractivity contribution is -0.0437. The lowest BCUT2D eigenvalue weighted by Crippen LogP contribution is -2.39. The van der Waals surface area contributed by atoms with Crippen LogP contribution in [0.2, 0.25) is 0 Å². The molecule has 0 bridgehead atoms. The van der Waals surface area contributed by atoms with Crippen molar-refractivity contribution in [2.75, 3.05) is 18.9 Å². The topological polar surface area (TPSA) is 92.4 Å². The van der Waals surface area contributed by atoms with E-state index in [2.05, 4.69) is 15.9 Å². The zero-order valence-corrected chi connectivity index (χ0v) is 11.7. The van der Waals surface area contributed by atoms with Crippen molar-refractivity contribution in [2.24, 2.45) is 0 Å². The molecule has 19 heavy (non-hydrogen) atoms. The van der Waals surface area contributed by atoms with Crippen molar-refractivity contribution < 1.29 is 26.7 Å². The largest absolute Gasteiger partial charge is 0.398 e. The highest BCUT2D eigenvalue weighted by Gasteiger charge is 2.31. The van der Waals surface area contributed by atoms with Crippen molar-refractivity contribution in [3.63, 3.8) is 0 Å². The van der Waals surface area contributed by atoms with Crippen LogP contribution in [-0.4, -0.2) is 32.6 Å². The van der Waals surface area contributed by atoms with Crippen LogP contribution in [0.5, 0.6) is 0 Å². The fourth-order valence-electron chi connectivity index (χ4n) is 1.09. The number of hydrogen-bond acceptors (Lipinski definition) is 4. The molecule has 0 fully saturated rings. The quantitative estimate of drug-likeness (QED) is 0.683. The van der Waals surface area contributed by atoms with Gasteiger partial charge in [0.15, 0.2) is 0 Å². The van der Waals surface area contributed by atoms with E-state index in [4.69, 9.17) is 10.8 Å². The Morgan fingerprint density at radius 1 is 1.42 bits per heavy atom. The van der Waals surface area contributed by atoms with Gasteiger partial charge in [-0.3, -0.25) is 0 Å². The maximum atomic E-state index is 13.5. The summed E-state index contributed by atoms with van der Waals surface area (Å²) >= 11 is 2.90. The van der Waals surface area contributed by atoms with E-state index in [1.165, 1.54) is 4.72 Å². The van der Waals surface area contributed by atoms with E-state index in [-0.39, 0.29) is 10.2 Å². The standard InChI is InChI=1S/C9H10BrF3N2O3S/c10-5-1-6(11)8(2-7(5)14)19(17,18)15-3-9(12,13)4-16/h1-2,15-16H,3-4,14H2. The predicted octanol–water partition coefficient (Wildman–Crippen LogP) is 1.08. The van der Waals surface area contributed by atoms with E-state index in [0.29, 0.717) is 0 Å². The zero-order chi connectivity index (χ0) is 14.8. The Labute approximate surface area is 115 Å². The van der Waals surface area contributed by atoms with Crippen LogP contribution in [-0.2, 0) is 10.0 Å². The van der Waals surface area contributed by atoms with E-state index < -0.39 is 39.8 Å². The molecule has 0 aliphatic rings. The normalized spacial score (nSPS) is 12.7.